The van der Waals surface area contributed by atoms with E-state index in [0.29, 0.717) is 6.42 Å². The lowest BCUT2D eigenvalue weighted by Crippen LogP contribution is -2.30. The number of aromatic nitrogens is 2. The van der Waals surface area contributed by atoms with Crippen molar-refractivity contribution in [1.82, 2.24) is 14.9 Å². The average molecular weight is 265 g/mol. The zero-order valence-corrected chi connectivity index (χ0v) is 9.83. The molecule has 0 aliphatic carbocycles. The molecule has 96 valence electrons. The van der Waals surface area contributed by atoms with Crippen LogP contribution in [0.4, 0.5) is 8.78 Å². The number of alkyl halides is 2. The second-order valence-corrected chi connectivity index (χ2v) is 6.24. The summed E-state index contributed by atoms with van der Waals surface area (Å²) in [6, 6.07) is -0.164. The standard InChI is InChI=1S/C9H13F2N3O2S/c10-9(11)14-3-2-12-8(14)5-13-7-1-4-17(15,16)6-7/h2-3,7,9,13H,1,4-6H2. The Kier molecular flexibility index (Phi) is 3.43. The van der Waals surface area contributed by atoms with E-state index in [9.17, 15) is 17.2 Å². The number of hydrogen-bond acceptors (Lipinski definition) is 4. The average Bonchev–Trinajstić information content (AvgIpc) is 2.81. The van der Waals surface area contributed by atoms with Crippen LogP contribution >= 0.6 is 0 Å². The second-order valence-electron chi connectivity index (χ2n) is 4.01. The highest BCUT2D eigenvalue weighted by Gasteiger charge is 2.27. The Morgan fingerprint density at radius 1 is 1.59 bits per heavy atom. The van der Waals surface area contributed by atoms with Crippen LogP contribution < -0.4 is 5.32 Å². The fourth-order valence-electron chi connectivity index (χ4n) is 1.85. The zero-order chi connectivity index (χ0) is 12.5. The third kappa shape index (κ3) is 3.01. The molecule has 0 bridgehead atoms. The molecular weight excluding hydrogens is 252 g/mol. The summed E-state index contributed by atoms with van der Waals surface area (Å²) < 4.78 is 48.1. The summed E-state index contributed by atoms with van der Waals surface area (Å²) in [5, 5.41) is 2.94. The Hall–Kier alpha value is -1.02. The fourth-order valence-corrected chi connectivity index (χ4v) is 3.56. The molecule has 2 rings (SSSR count). The molecule has 1 unspecified atom stereocenters. The van der Waals surface area contributed by atoms with Crippen LogP contribution in [0.5, 0.6) is 0 Å². The maximum Gasteiger partial charge on any atom is 0.319 e. The van der Waals surface area contributed by atoms with E-state index in [1.807, 2.05) is 0 Å². The molecule has 8 heteroatoms. The third-order valence-electron chi connectivity index (χ3n) is 2.74. The lowest BCUT2D eigenvalue weighted by molar-refractivity contribution is 0.0665. The molecule has 1 atom stereocenters. The molecule has 1 aliphatic rings. The topological polar surface area (TPSA) is 64.0 Å². The van der Waals surface area contributed by atoms with Gasteiger partial charge >= 0.3 is 6.55 Å². The molecule has 0 aromatic carbocycles. The van der Waals surface area contributed by atoms with Gasteiger partial charge in [-0.1, -0.05) is 0 Å². The highest BCUT2D eigenvalue weighted by atomic mass is 32.2. The van der Waals surface area contributed by atoms with Gasteiger partial charge in [-0.05, 0) is 6.42 Å². The number of hydrogen-bond donors (Lipinski definition) is 1. The first kappa shape index (κ1) is 12.4. The van der Waals surface area contributed by atoms with E-state index in [1.165, 1.54) is 12.4 Å². The quantitative estimate of drug-likeness (QED) is 0.863. The van der Waals surface area contributed by atoms with E-state index < -0.39 is 16.4 Å². The van der Waals surface area contributed by atoms with Gasteiger partial charge in [0.2, 0.25) is 0 Å². The minimum Gasteiger partial charge on any atom is -0.306 e. The van der Waals surface area contributed by atoms with Gasteiger partial charge in [0.1, 0.15) is 5.82 Å². The SMILES string of the molecule is O=S1(=O)CCC(NCc2nccn2C(F)F)C1. The van der Waals surface area contributed by atoms with Crippen molar-refractivity contribution in [3.05, 3.63) is 18.2 Å². The van der Waals surface area contributed by atoms with Gasteiger partial charge in [0, 0.05) is 18.4 Å². The summed E-state index contributed by atoms with van der Waals surface area (Å²) in [5.74, 6) is 0.445. The van der Waals surface area contributed by atoms with Gasteiger partial charge in [0.05, 0.1) is 18.1 Å². The Bertz CT molecular complexity index is 486. The summed E-state index contributed by atoms with van der Waals surface area (Å²) in [4.78, 5) is 3.81. The molecule has 0 amide bonds. The molecule has 0 spiro atoms. The summed E-state index contributed by atoms with van der Waals surface area (Å²) in [6.45, 7) is -2.47. The highest BCUT2D eigenvalue weighted by molar-refractivity contribution is 7.91. The van der Waals surface area contributed by atoms with E-state index >= 15 is 0 Å². The van der Waals surface area contributed by atoms with Crippen molar-refractivity contribution in [1.29, 1.82) is 0 Å². The van der Waals surface area contributed by atoms with Crippen molar-refractivity contribution in [3.8, 4) is 0 Å². The molecule has 1 aliphatic heterocycles. The Balaban J connectivity index is 1.92. The molecule has 1 aromatic heterocycles. The van der Waals surface area contributed by atoms with E-state index in [-0.39, 0.29) is 29.9 Å². The van der Waals surface area contributed by atoms with Crippen LogP contribution in [0.15, 0.2) is 12.4 Å². The second kappa shape index (κ2) is 4.69. The lowest BCUT2D eigenvalue weighted by atomic mass is 10.2. The van der Waals surface area contributed by atoms with Crippen molar-refractivity contribution in [2.45, 2.75) is 25.6 Å². The minimum absolute atomic E-state index is 0.0718. The molecule has 5 nitrogen and oxygen atoms in total. The van der Waals surface area contributed by atoms with Crippen LogP contribution in [0, 0.1) is 0 Å². The number of halogens is 2. The molecule has 1 N–H and O–H groups in total. The Morgan fingerprint density at radius 3 is 2.94 bits per heavy atom. The maximum atomic E-state index is 12.5. The van der Waals surface area contributed by atoms with Crippen molar-refractivity contribution < 1.29 is 17.2 Å². The molecule has 2 heterocycles. The molecule has 17 heavy (non-hydrogen) atoms. The van der Waals surface area contributed by atoms with Crippen LogP contribution in [-0.4, -0.2) is 35.5 Å². The van der Waals surface area contributed by atoms with Gasteiger partial charge in [-0.3, -0.25) is 4.57 Å². The van der Waals surface area contributed by atoms with Gasteiger partial charge in [-0.25, -0.2) is 13.4 Å². The van der Waals surface area contributed by atoms with Gasteiger partial charge < -0.3 is 5.32 Å². The van der Waals surface area contributed by atoms with Crippen LogP contribution in [0.2, 0.25) is 0 Å². The van der Waals surface area contributed by atoms with Crippen molar-refractivity contribution >= 4 is 9.84 Å². The third-order valence-corrected chi connectivity index (χ3v) is 4.51. The first-order valence-corrected chi connectivity index (χ1v) is 7.04. The first-order chi connectivity index (χ1) is 7.98. The number of sulfone groups is 1. The van der Waals surface area contributed by atoms with Crippen LogP contribution in [0.3, 0.4) is 0 Å². The number of imidazole rings is 1. The largest absolute Gasteiger partial charge is 0.319 e. The van der Waals surface area contributed by atoms with E-state index in [2.05, 4.69) is 10.3 Å². The Morgan fingerprint density at radius 2 is 2.35 bits per heavy atom. The van der Waals surface area contributed by atoms with Crippen molar-refractivity contribution in [3.63, 3.8) is 0 Å². The summed E-state index contributed by atoms with van der Waals surface area (Å²) in [5.41, 5.74) is 0. The van der Waals surface area contributed by atoms with E-state index in [1.54, 1.807) is 0 Å². The zero-order valence-electron chi connectivity index (χ0n) is 9.01. The summed E-state index contributed by atoms with van der Waals surface area (Å²) in [6.07, 6.45) is 3.03. The number of nitrogens with one attached hydrogen (secondary N) is 1. The van der Waals surface area contributed by atoms with Gasteiger partial charge in [-0.15, -0.1) is 0 Å². The van der Waals surface area contributed by atoms with Gasteiger partial charge in [0.15, 0.2) is 9.84 Å². The first-order valence-electron chi connectivity index (χ1n) is 5.21. The van der Waals surface area contributed by atoms with E-state index in [0.717, 1.165) is 4.57 Å². The van der Waals surface area contributed by atoms with Crippen LogP contribution in [0.1, 0.15) is 18.8 Å². The normalized spacial score (nSPS) is 23.4. The van der Waals surface area contributed by atoms with Crippen LogP contribution in [-0.2, 0) is 16.4 Å². The maximum absolute atomic E-state index is 12.5. The number of nitrogens with zero attached hydrogens (tertiary/aromatic N) is 2. The Labute approximate surface area is 97.8 Å². The molecule has 1 aromatic rings. The fraction of sp³-hybridized carbons (Fsp3) is 0.667. The molecular formula is C9H13F2N3O2S. The lowest BCUT2D eigenvalue weighted by Gasteiger charge is -2.11. The predicted octanol–water partition coefficient (Wildman–Crippen LogP) is 0.555. The smallest absolute Gasteiger partial charge is 0.306 e. The molecule has 0 radical (unpaired) electrons. The highest BCUT2D eigenvalue weighted by Crippen LogP contribution is 2.14. The molecule has 1 saturated heterocycles. The molecule has 1 fully saturated rings. The minimum atomic E-state index is -2.95. The number of rotatable bonds is 4. The monoisotopic (exact) mass is 265 g/mol. The van der Waals surface area contributed by atoms with Crippen LogP contribution in [0.25, 0.3) is 0 Å². The van der Waals surface area contributed by atoms with Crippen molar-refractivity contribution in [2.75, 3.05) is 11.5 Å². The van der Waals surface area contributed by atoms with E-state index in [4.69, 9.17) is 0 Å². The summed E-state index contributed by atoms with van der Waals surface area (Å²) >= 11 is 0. The predicted molar refractivity (Wildman–Crippen MR) is 57.4 cm³/mol. The van der Waals surface area contributed by atoms with Gasteiger partial charge in [0.25, 0.3) is 0 Å². The van der Waals surface area contributed by atoms with Crippen molar-refractivity contribution in [2.24, 2.45) is 0 Å². The molecule has 0 saturated carbocycles. The van der Waals surface area contributed by atoms with Gasteiger partial charge in [-0.2, -0.15) is 8.78 Å². The summed E-state index contributed by atoms with van der Waals surface area (Å²) in [7, 11) is -2.95.